The molecule has 3 rings (SSSR count). The van der Waals surface area contributed by atoms with E-state index < -0.39 is 11.9 Å². The van der Waals surface area contributed by atoms with Gasteiger partial charge in [-0.05, 0) is 50.2 Å². The van der Waals surface area contributed by atoms with Crippen molar-refractivity contribution in [2.75, 3.05) is 20.2 Å². The number of aliphatic hydroxyl groups excluding tert-OH is 1. The van der Waals surface area contributed by atoms with Crippen LogP contribution in [0.2, 0.25) is 0 Å². The topological polar surface area (TPSA) is 113 Å². The molecule has 0 aromatic carbocycles. The quantitative estimate of drug-likeness (QED) is 0.762. The Morgan fingerprint density at radius 1 is 1.07 bits per heavy atom. The highest BCUT2D eigenvalue weighted by atomic mass is 16.5. The fourth-order valence-electron chi connectivity index (χ4n) is 2.68. The summed E-state index contributed by atoms with van der Waals surface area (Å²) in [6.45, 7) is 2.78. The number of carbonyl (C=O) groups excluding carboxylic acids is 1. The van der Waals surface area contributed by atoms with Crippen LogP contribution in [0.5, 0.6) is 0 Å². The Hall–Kier alpha value is -2.84. The first-order valence-electron chi connectivity index (χ1n) is 8.58. The van der Waals surface area contributed by atoms with Crippen LogP contribution >= 0.6 is 0 Å². The van der Waals surface area contributed by atoms with Crippen molar-refractivity contribution in [2.45, 2.75) is 26.0 Å². The number of pyridine rings is 2. The number of methoxy groups -OCH3 is 1. The maximum atomic E-state index is 10.9. The molecule has 1 aliphatic rings. The van der Waals surface area contributed by atoms with Gasteiger partial charge in [-0.1, -0.05) is 0 Å². The largest absolute Gasteiger partial charge is 0.478 e. The molecule has 1 saturated heterocycles. The number of carboxylic acid groups (broad SMARTS) is 1. The zero-order valence-electron chi connectivity index (χ0n) is 15.2. The van der Waals surface area contributed by atoms with Gasteiger partial charge in [0.25, 0.3) is 0 Å². The van der Waals surface area contributed by atoms with Gasteiger partial charge in [-0.2, -0.15) is 0 Å². The van der Waals surface area contributed by atoms with E-state index in [-0.39, 0.29) is 6.61 Å². The summed E-state index contributed by atoms with van der Waals surface area (Å²) < 4.78 is 4.49. The lowest BCUT2D eigenvalue weighted by Gasteiger charge is -2.13. The van der Waals surface area contributed by atoms with Gasteiger partial charge in [-0.25, -0.2) is 9.59 Å². The molecule has 144 valence electrons. The van der Waals surface area contributed by atoms with Crippen LogP contribution in [0.3, 0.4) is 0 Å². The fourth-order valence-corrected chi connectivity index (χ4v) is 2.68. The number of aromatic carboxylic acids is 1. The Bertz CT molecular complexity index is 775. The first kappa shape index (κ1) is 20.5. The van der Waals surface area contributed by atoms with Crippen LogP contribution < -0.4 is 0 Å². The van der Waals surface area contributed by atoms with Crippen molar-refractivity contribution in [3.63, 3.8) is 0 Å². The van der Waals surface area contributed by atoms with Crippen molar-refractivity contribution in [3.05, 3.63) is 59.2 Å². The van der Waals surface area contributed by atoms with Gasteiger partial charge in [-0.3, -0.25) is 14.9 Å². The average Bonchev–Trinajstić information content (AvgIpc) is 3.21. The second-order valence-corrected chi connectivity index (χ2v) is 6.01. The summed E-state index contributed by atoms with van der Waals surface area (Å²) in [5.74, 6) is -1.31. The van der Waals surface area contributed by atoms with Crippen molar-refractivity contribution in [3.8, 4) is 0 Å². The van der Waals surface area contributed by atoms with E-state index in [1.165, 1.54) is 44.3 Å². The molecule has 8 nitrogen and oxygen atoms in total. The predicted octanol–water partition coefficient (Wildman–Crippen LogP) is 1.74. The van der Waals surface area contributed by atoms with Gasteiger partial charge in [-0.15, -0.1) is 0 Å². The zero-order chi connectivity index (χ0) is 19.6. The van der Waals surface area contributed by atoms with Gasteiger partial charge in [0.1, 0.15) is 0 Å². The molecule has 0 aliphatic carbocycles. The van der Waals surface area contributed by atoms with Crippen molar-refractivity contribution in [1.82, 2.24) is 14.9 Å². The minimum Gasteiger partial charge on any atom is -0.478 e. The minimum atomic E-state index is -0.889. The molecule has 2 aromatic heterocycles. The fraction of sp³-hybridized carbons (Fsp3) is 0.368. The van der Waals surface area contributed by atoms with Gasteiger partial charge < -0.3 is 14.9 Å². The zero-order valence-corrected chi connectivity index (χ0v) is 15.2. The van der Waals surface area contributed by atoms with Gasteiger partial charge in [0.05, 0.1) is 36.2 Å². The van der Waals surface area contributed by atoms with Crippen LogP contribution in [0, 0.1) is 0 Å². The SMILES string of the molecule is COC(=O)c1ccnc(CO)c1.O=C(O)c1ccnc(CN2CCCC2)c1. The summed E-state index contributed by atoms with van der Waals surface area (Å²) in [5.41, 5.74) is 2.02. The van der Waals surface area contributed by atoms with Crippen LogP contribution in [0.25, 0.3) is 0 Å². The molecular formula is C19H23N3O5. The molecule has 27 heavy (non-hydrogen) atoms. The van der Waals surface area contributed by atoms with Gasteiger partial charge in [0, 0.05) is 18.9 Å². The first-order chi connectivity index (χ1) is 13.0. The summed E-state index contributed by atoms with van der Waals surface area (Å²) in [6, 6.07) is 6.20. The summed E-state index contributed by atoms with van der Waals surface area (Å²) >= 11 is 0. The number of aromatic nitrogens is 2. The molecule has 8 heteroatoms. The van der Waals surface area contributed by atoms with Crippen LogP contribution in [0.1, 0.15) is 44.9 Å². The number of ether oxygens (including phenoxy) is 1. The maximum absolute atomic E-state index is 10.9. The summed E-state index contributed by atoms with van der Waals surface area (Å²) in [7, 11) is 1.31. The lowest BCUT2D eigenvalue weighted by Crippen LogP contribution is -2.19. The van der Waals surface area contributed by atoms with Gasteiger partial charge >= 0.3 is 11.9 Å². The third-order valence-electron chi connectivity index (χ3n) is 4.05. The highest BCUT2D eigenvalue weighted by Crippen LogP contribution is 2.12. The monoisotopic (exact) mass is 373 g/mol. The van der Waals surface area contributed by atoms with Crippen molar-refractivity contribution >= 4 is 11.9 Å². The highest BCUT2D eigenvalue weighted by molar-refractivity contribution is 5.89. The van der Waals surface area contributed by atoms with E-state index in [0.717, 1.165) is 25.3 Å². The van der Waals surface area contributed by atoms with E-state index in [2.05, 4.69) is 19.6 Å². The number of aliphatic hydroxyl groups is 1. The van der Waals surface area contributed by atoms with E-state index in [1.807, 2.05) is 0 Å². The lowest BCUT2D eigenvalue weighted by atomic mass is 10.2. The maximum Gasteiger partial charge on any atom is 0.337 e. The Kier molecular flexibility index (Phi) is 7.84. The molecule has 0 radical (unpaired) electrons. The number of nitrogens with zero attached hydrogens (tertiary/aromatic N) is 3. The molecule has 0 bridgehead atoms. The summed E-state index contributed by atoms with van der Waals surface area (Å²) in [5, 5.41) is 17.5. The molecule has 2 N–H and O–H groups in total. The van der Waals surface area contributed by atoms with Crippen molar-refractivity contribution < 1.29 is 24.5 Å². The van der Waals surface area contributed by atoms with Crippen molar-refractivity contribution in [2.24, 2.45) is 0 Å². The number of esters is 1. The molecule has 0 atom stereocenters. The smallest absolute Gasteiger partial charge is 0.337 e. The molecule has 3 heterocycles. The number of hydrogen-bond donors (Lipinski definition) is 2. The third kappa shape index (κ3) is 6.43. The Labute approximate surface area is 157 Å². The molecule has 0 saturated carbocycles. The van der Waals surface area contributed by atoms with Crippen LogP contribution in [0.15, 0.2) is 36.7 Å². The van der Waals surface area contributed by atoms with Crippen LogP contribution in [-0.2, 0) is 17.9 Å². The second-order valence-electron chi connectivity index (χ2n) is 6.01. The Morgan fingerprint density at radius 2 is 1.67 bits per heavy atom. The number of likely N-dealkylation sites (tertiary alicyclic amines) is 1. The second kappa shape index (κ2) is 10.3. The number of carboxylic acids is 1. The third-order valence-corrected chi connectivity index (χ3v) is 4.05. The Morgan fingerprint density at radius 3 is 2.26 bits per heavy atom. The van der Waals surface area contributed by atoms with E-state index in [1.54, 1.807) is 12.3 Å². The number of carbonyl (C=O) groups is 2. The molecular weight excluding hydrogens is 350 g/mol. The summed E-state index contributed by atoms with van der Waals surface area (Å²) in [4.78, 5) is 32.0. The van der Waals surface area contributed by atoms with E-state index in [9.17, 15) is 9.59 Å². The summed E-state index contributed by atoms with van der Waals surface area (Å²) in [6.07, 6.45) is 5.49. The lowest BCUT2D eigenvalue weighted by molar-refractivity contribution is 0.0599. The van der Waals surface area contributed by atoms with E-state index in [4.69, 9.17) is 10.2 Å². The molecule has 1 fully saturated rings. The molecule has 0 amide bonds. The van der Waals surface area contributed by atoms with E-state index >= 15 is 0 Å². The van der Waals surface area contributed by atoms with E-state index in [0.29, 0.717) is 16.8 Å². The van der Waals surface area contributed by atoms with Gasteiger partial charge in [0.15, 0.2) is 0 Å². The Balaban J connectivity index is 0.000000199. The molecule has 0 unspecified atom stereocenters. The normalized spacial score (nSPS) is 13.6. The standard InChI is InChI=1S/C11H14N2O2.C8H9NO3/c14-11(15)9-3-4-12-10(7-9)8-13-5-1-2-6-13;1-12-8(11)6-2-3-9-7(4-6)5-10/h3-4,7H,1-2,5-6,8H2,(H,14,15);2-4,10H,5H2,1H3. The molecule has 2 aromatic rings. The van der Waals surface area contributed by atoms with Crippen molar-refractivity contribution in [1.29, 1.82) is 0 Å². The first-order valence-corrected chi connectivity index (χ1v) is 8.58. The van der Waals surface area contributed by atoms with Gasteiger partial charge in [0.2, 0.25) is 0 Å². The minimum absolute atomic E-state index is 0.176. The highest BCUT2D eigenvalue weighted by Gasteiger charge is 2.13. The number of hydrogen-bond acceptors (Lipinski definition) is 7. The van der Waals surface area contributed by atoms with Crippen LogP contribution in [0.4, 0.5) is 0 Å². The predicted molar refractivity (Wildman–Crippen MR) is 97.2 cm³/mol. The number of rotatable bonds is 5. The molecule has 0 spiro atoms. The average molecular weight is 373 g/mol. The molecule has 1 aliphatic heterocycles. The van der Waals surface area contributed by atoms with Crippen LogP contribution in [-0.4, -0.2) is 57.2 Å².